The van der Waals surface area contributed by atoms with Gasteiger partial charge in [-0.1, -0.05) is 51.5 Å². The Kier molecular flexibility index (Phi) is 17.8. The second kappa shape index (κ2) is 17.1. The maximum absolute atomic E-state index is 5.51. The number of ether oxygens (including phenoxy) is 2. The summed E-state index contributed by atoms with van der Waals surface area (Å²) in [5.41, 5.74) is 2.41. The van der Waals surface area contributed by atoms with Gasteiger partial charge in [0.25, 0.3) is 0 Å². The molecule has 0 atom stereocenters. The number of unbranched alkanes of at least 4 members (excludes halogenated alkanes) is 2. The fourth-order valence-electron chi connectivity index (χ4n) is 1.88. The lowest BCUT2D eigenvalue weighted by Gasteiger charge is -2.06. The maximum atomic E-state index is 5.51. The highest BCUT2D eigenvalue weighted by atomic mass is 16.5. The summed E-state index contributed by atoms with van der Waals surface area (Å²) < 4.78 is 10.9. The highest BCUT2D eigenvalue weighted by Gasteiger charge is 1.98. The number of allylic oxidation sites excluding steroid dienone is 1. The lowest BCUT2D eigenvalue weighted by Crippen LogP contribution is -2.03. The fraction of sp³-hybridized carbons (Fsp3) is 0.619. The van der Waals surface area contributed by atoms with E-state index in [0.717, 1.165) is 37.2 Å². The Hall–Kier alpha value is -1.28. The molecular weight excluding hydrogens is 284 g/mol. The van der Waals surface area contributed by atoms with E-state index in [4.69, 9.17) is 9.47 Å². The monoisotopic (exact) mass is 322 g/mol. The van der Waals surface area contributed by atoms with Gasteiger partial charge in [0.2, 0.25) is 0 Å². The highest BCUT2D eigenvalue weighted by molar-refractivity contribution is 5.58. The summed E-state index contributed by atoms with van der Waals surface area (Å²) in [5.74, 6) is 0.935. The SMILES string of the molecule is CC.CC.COc1ccc(C)cc1/C=C/CCCCOC(C)C. The first-order valence-corrected chi connectivity index (χ1v) is 9.06. The van der Waals surface area contributed by atoms with Gasteiger partial charge in [0, 0.05) is 12.2 Å². The van der Waals surface area contributed by atoms with Gasteiger partial charge in [-0.05, 0) is 52.2 Å². The Morgan fingerprint density at radius 2 is 1.70 bits per heavy atom. The van der Waals surface area contributed by atoms with Crippen molar-refractivity contribution in [3.8, 4) is 5.75 Å². The Balaban J connectivity index is 0. The van der Waals surface area contributed by atoms with E-state index in [2.05, 4.69) is 45.1 Å². The molecule has 0 aliphatic heterocycles. The predicted octanol–water partition coefficient (Wildman–Crippen LogP) is 6.66. The third-order valence-corrected chi connectivity index (χ3v) is 2.90. The van der Waals surface area contributed by atoms with E-state index in [1.165, 1.54) is 5.56 Å². The van der Waals surface area contributed by atoms with Gasteiger partial charge in [0.15, 0.2) is 0 Å². The third-order valence-electron chi connectivity index (χ3n) is 2.90. The highest BCUT2D eigenvalue weighted by Crippen LogP contribution is 2.21. The average molecular weight is 323 g/mol. The first kappa shape index (κ1) is 24.0. The standard InChI is InChI=1S/C17H26O2.2C2H6/c1-14(2)19-12-8-6-5-7-9-16-13-15(3)10-11-17(16)18-4;2*1-2/h7,9-11,13-14H,5-6,8,12H2,1-4H3;2*1-2H3/b9-7+;;. The Labute approximate surface area is 144 Å². The zero-order chi connectivity index (χ0) is 18.1. The molecule has 0 saturated carbocycles. The zero-order valence-electron chi connectivity index (χ0n) is 16.6. The number of hydrogen-bond donors (Lipinski definition) is 0. The van der Waals surface area contributed by atoms with Crippen molar-refractivity contribution in [1.29, 1.82) is 0 Å². The third kappa shape index (κ3) is 12.9. The topological polar surface area (TPSA) is 18.5 Å². The molecule has 23 heavy (non-hydrogen) atoms. The van der Waals surface area contributed by atoms with Crippen LogP contribution in [0.2, 0.25) is 0 Å². The quantitative estimate of drug-likeness (QED) is 0.498. The van der Waals surface area contributed by atoms with Gasteiger partial charge in [-0.25, -0.2) is 0 Å². The van der Waals surface area contributed by atoms with Crippen LogP contribution in [0.15, 0.2) is 24.3 Å². The molecule has 0 amide bonds. The van der Waals surface area contributed by atoms with E-state index >= 15 is 0 Å². The van der Waals surface area contributed by atoms with Crippen molar-refractivity contribution < 1.29 is 9.47 Å². The summed E-state index contributed by atoms with van der Waals surface area (Å²) in [6.45, 7) is 15.1. The van der Waals surface area contributed by atoms with Gasteiger partial charge in [0.1, 0.15) is 5.75 Å². The average Bonchev–Trinajstić information content (AvgIpc) is 2.57. The number of aryl methyl sites for hydroxylation is 1. The maximum Gasteiger partial charge on any atom is 0.126 e. The minimum absolute atomic E-state index is 0.340. The van der Waals surface area contributed by atoms with E-state index in [0.29, 0.717) is 6.10 Å². The molecule has 2 nitrogen and oxygen atoms in total. The predicted molar refractivity (Wildman–Crippen MR) is 104 cm³/mol. The first-order valence-electron chi connectivity index (χ1n) is 9.06. The molecule has 1 aromatic carbocycles. The summed E-state index contributed by atoms with van der Waals surface area (Å²) in [4.78, 5) is 0. The van der Waals surface area contributed by atoms with Crippen LogP contribution >= 0.6 is 0 Å². The van der Waals surface area contributed by atoms with Crippen molar-refractivity contribution in [3.05, 3.63) is 35.4 Å². The second-order valence-corrected chi connectivity index (χ2v) is 5.06. The Morgan fingerprint density at radius 3 is 2.26 bits per heavy atom. The van der Waals surface area contributed by atoms with Crippen LogP contribution < -0.4 is 4.74 Å². The molecule has 0 spiro atoms. The minimum Gasteiger partial charge on any atom is -0.496 e. The molecule has 1 rings (SSSR count). The van der Waals surface area contributed by atoms with E-state index in [1.54, 1.807) is 7.11 Å². The van der Waals surface area contributed by atoms with Crippen LogP contribution in [0.25, 0.3) is 6.08 Å². The summed E-state index contributed by atoms with van der Waals surface area (Å²) in [5, 5.41) is 0. The molecule has 0 N–H and O–H groups in total. The second-order valence-electron chi connectivity index (χ2n) is 5.06. The van der Waals surface area contributed by atoms with Crippen molar-refractivity contribution in [3.63, 3.8) is 0 Å². The molecule has 134 valence electrons. The Bertz CT molecular complexity index is 395. The minimum atomic E-state index is 0.340. The normalized spacial score (nSPS) is 9.96. The molecule has 0 aliphatic rings. The molecule has 0 aliphatic carbocycles. The number of hydrogen-bond acceptors (Lipinski definition) is 2. The van der Waals surface area contributed by atoms with Gasteiger partial charge >= 0.3 is 0 Å². The van der Waals surface area contributed by atoms with E-state index < -0.39 is 0 Å². The van der Waals surface area contributed by atoms with Crippen LogP contribution in [0.5, 0.6) is 5.75 Å². The molecule has 2 heteroatoms. The molecular formula is C21H38O2. The largest absolute Gasteiger partial charge is 0.496 e. The van der Waals surface area contributed by atoms with Gasteiger partial charge in [-0.15, -0.1) is 0 Å². The molecule has 0 fully saturated rings. The van der Waals surface area contributed by atoms with Crippen LogP contribution in [0.1, 0.15) is 71.9 Å². The van der Waals surface area contributed by atoms with Crippen LogP contribution in [0, 0.1) is 6.92 Å². The number of benzene rings is 1. The van der Waals surface area contributed by atoms with Gasteiger partial charge in [0.05, 0.1) is 13.2 Å². The molecule has 0 bridgehead atoms. The van der Waals surface area contributed by atoms with Crippen LogP contribution in [0.4, 0.5) is 0 Å². The van der Waals surface area contributed by atoms with Crippen molar-refractivity contribution in [2.45, 2.75) is 73.8 Å². The first-order chi connectivity index (χ1) is 11.1. The number of methoxy groups -OCH3 is 1. The Morgan fingerprint density at radius 1 is 1.04 bits per heavy atom. The van der Waals surface area contributed by atoms with E-state index in [-0.39, 0.29) is 0 Å². The van der Waals surface area contributed by atoms with E-state index in [9.17, 15) is 0 Å². The fourth-order valence-corrected chi connectivity index (χ4v) is 1.88. The zero-order valence-corrected chi connectivity index (χ0v) is 16.6. The molecule has 0 saturated heterocycles. The number of rotatable bonds is 8. The van der Waals surface area contributed by atoms with Crippen molar-refractivity contribution in [1.82, 2.24) is 0 Å². The van der Waals surface area contributed by atoms with E-state index in [1.807, 2.05) is 33.8 Å². The summed E-state index contributed by atoms with van der Waals surface area (Å²) in [6.07, 6.45) is 8.07. The lowest BCUT2D eigenvalue weighted by molar-refractivity contribution is 0.0762. The smallest absolute Gasteiger partial charge is 0.126 e. The van der Waals surface area contributed by atoms with Crippen LogP contribution in [0.3, 0.4) is 0 Å². The molecule has 0 unspecified atom stereocenters. The molecule has 0 aromatic heterocycles. The summed E-state index contributed by atoms with van der Waals surface area (Å²) in [6, 6.07) is 6.24. The van der Waals surface area contributed by atoms with Crippen molar-refractivity contribution >= 4 is 6.08 Å². The molecule has 1 aromatic rings. The van der Waals surface area contributed by atoms with Gasteiger partial charge in [-0.3, -0.25) is 0 Å². The van der Waals surface area contributed by atoms with Crippen LogP contribution in [-0.2, 0) is 4.74 Å². The van der Waals surface area contributed by atoms with Gasteiger partial charge in [-0.2, -0.15) is 0 Å². The van der Waals surface area contributed by atoms with Crippen LogP contribution in [-0.4, -0.2) is 19.8 Å². The molecule has 0 radical (unpaired) electrons. The van der Waals surface area contributed by atoms with Crippen molar-refractivity contribution in [2.24, 2.45) is 0 Å². The summed E-state index contributed by atoms with van der Waals surface area (Å²) >= 11 is 0. The molecule has 0 heterocycles. The summed E-state index contributed by atoms with van der Waals surface area (Å²) in [7, 11) is 1.71. The van der Waals surface area contributed by atoms with Gasteiger partial charge < -0.3 is 9.47 Å². The lowest BCUT2D eigenvalue weighted by atomic mass is 10.1. The van der Waals surface area contributed by atoms with Crippen molar-refractivity contribution in [2.75, 3.05) is 13.7 Å².